The largest absolute Gasteiger partial charge is 0.374 e. The van der Waals surface area contributed by atoms with Crippen LogP contribution in [-0.4, -0.2) is 24.4 Å². The summed E-state index contributed by atoms with van der Waals surface area (Å²) in [7, 11) is 1.98. The summed E-state index contributed by atoms with van der Waals surface area (Å²) in [5.41, 5.74) is 2.12. The Balaban J connectivity index is 2.66. The second kappa shape index (κ2) is 3.43. The molecule has 3 heteroatoms. The van der Waals surface area contributed by atoms with Crippen molar-refractivity contribution < 1.29 is 4.79 Å². The first-order valence-electron chi connectivity index (χ1n) is 3.95. The molecule has 0 aliphatic carbocycles. The standard InChI is InChI=1S/C9H14N2O/c1-7-4-9(10-8(2)12)6-11(3)5-7/h4-5H,6H2,1-3H3,(H,10,12). The number of nitrogens with zero attached hydrogens (tertiary/aromatic N) is 1. The zero-order valence-electron chi connectivity index (χ0n) is 7.72. The lowest BCUT2D eigenvalue weighted by Gasteiger charge is -2.21. The van der Waals surface area contributed by atoms with E-state index < -0.39 is 0 Å². The van der Waals surface area contributed by atoms with Crippen molar-refractivity contribution in [1.82, 2.24) is 10.2 Å². The highest BCUT2D eigenvalue weighted by Crippen LogP contribution is 2.08. The van der Waals surface area contributed by atoms with Crippen LogP contribution in [0.15, 0.2) is 23.5 Å². The first-order valence-corrected chi connectivity index (χ1v) is 3.95. The molecule has 0 aromatic rings. The molecule has 0 unspecified atom stereocenters. The first kappa shape index (κ1) is 8.84. The zero-order chi connectivity index (χ0) is 9.14. The quantitative estimate of drug-likeness (QED) is 0.626. The lowest BCUT2D eigenvalue weighted by Crippen LogP contribution is -2.29. The van der Waals surface area contributed by atoms with E-state index in [-0.39, 0.29) is 5.91 Å². The third-order valence-corrected chi connectivity index (χ3v) is 1.58. The molecular formula is C9H14N2O. The second-order valence-corrected chi connectivity index (χ2v) is 3.14. The average Bonchev–Trinajstić information content (AvgIpc) is 1.81. The summed E-state index contributed by atoms with van der Waals surface area (Å²) < 4.78 is 0. The molecular weight excluding hydrogens is 152 g/mol. The Morgan fingerprint density at radius 3 is 2.83 bits per heavy atom. The molecule has 0 aromatic carbocycles. The van der Waals surface area contributed by atoms with E-state index in [2.05, 4.69) is 5.32 Å². The Kier molecular flexibility index (Phi) is 2.53. The molecule has 0 saturated heterocycles. The van der Waals surface area contributed by atoms with Crippen LogP contribution in [0.5, 0.6) is 0 Å². The van der Waals surface area contributed by atoms with E-state index in [0.717, 1.165) is 17.8 Å². The number of hydrogen-bond donors (Lipinski definition) is 1. The fourth-order valence-corrected chi connectivity index (χ4v) is 1.32. The average molecular weight is 166 g/mol. The number of allylic oxidation sites excluding steroid dienone is 2. The molecule has 0 spiro atoms. The summed E-state index contributed by atoms with van der Waals surface area (Å²) in [6.07, 6.45) is 4.03. The molecule has 0 aromatic heterocycles. The van der Waals surface area contributed by atoms with E-state index in [1.54, 1.807) is 0 Å². The fraction of sp³-hybridized carbons (Fsp3) is 0.444. The second-order valence-electron chi connectivity index (χ2n) is 3.14. The lowest BCUT2D eigenvalue weighted by atomic mass is 10.2. The van der Waals surface area contributed by atoms with Gasteiger partial charge in [0.2, 0.25) is 5.91 Å². The Bertz CT molecular complexity index is 253. The summed E-state index contributed by atoms with van der Waals surface area (Å²) in [6.45, 7) is 4.31. The zero-order valence-corrected chi connectivity index (χ0v) is 7.72. The Morgan fingerprint density at radius 2 is 2.33 bits per heavy atom. The number of rotatable bonds is 1. The van der Waals surface area contributed by atoms with E-state index in [1.807, 2.05) is 31.1 Å². The van der Waals surface area contributed by atoms with E-state index >= 15 is 0 Å². The molecule has 1 aliphatic rings. The topological polar surface area (TPSA) is 32.3 Å². The van der Waals surface area contributed by atoms with Gasteiger partial charge in [-0.3, -0.25) is 4.79 Å². The highest BCUT2D eigenvalue weighted by molar-refractivity contribution is 5.75. The highest BCUT2D eigenvalue weighted by atomic mass is 16.1. The van der Waals surface area contributed by atoms with Gasteiger partial charge in [0.25, 0.3) is 0 Å². The maximum absolute atomic E-state index is 10.7. The van der Waals surface area contributed by atoms with E-state index in [1.165, 1.54) is 6.92 Å². The van der Waals surface area contributed by atoms with Crippen LogP contribution in [0.1, 0.15) is 13.8 Å². The molecule has 3 nitrogen and oxygen atoms in total. The van der Waals surface area contributed by atoms with Crippen LogP contribution >= 0.6 is 0 Å². The van der Waals surface area contributed by atoms with Gasteiger partial charge in [0.1, 0.15) is 0 Å². The molecule has 0 fully saturated rings. The third-order valence-electron chi connectivity index (χ3n) is 1.58. The number of amides is 1. The Labute approximate surface area is 72.7 Å². The van der Waals surface area contributed by atoms with Crippen molar-refractivity contribution in [2.75, 3.05) is 13.6 Å². The minimum absolute atomic E-state index is 0.00986. The molecule has 1 N–H and O–H groups in total. The molecule has 0 saturated carbocycles. The van der Waals surface area contributed by atoms with Crippen molar-refractivity contribution in [1.29, 1.82) is 0 Å². The van der Waals surface area contributed by atoms with Crippen molar-refractivity contribution in [2.45, 2.75) is 13.8 Å². The first-order chi connectivity index (χ1) is 5.58. The van der Waals surface area contributed by atoms with Crippen LogP contribution in [0.2, 0.25) is 0 Å². The number of carbonyl (C=O) groups excluding carboxylic acids is 1. The summed E-state index contributed by atoms with van der Waals surface area (Å²) in [5.74, 6) is -0.00986. The van der Waals surface area contributed by atoms with Gasteiger partial charge < -0.3 is 10.2 Å². The van der Waals surface area contributed by atoms with Crippen LogP contribution in [0.4, 0.5) is 0 Å². The van der Waals surface area contributed by atoms with Gasteiger partial charge in [-0.05, 0) is 18.6 Å². The van der Waals surface area contributed by atoms with Crippen LogP contribution in [0.25, 0.3) is 0 Å². The van der Waals surface area contributed by atoms with Crippen LogP contribution in [0.3, 0.4) is 0 Å². The van der Waals surface area contributed by atoms with Crippen molar-refractivity contribution in [3.63, 3.8) is 0 Å². The minimum Gasteiger partial charge on any atom is -0.374 e. The van der Waals surface area contributed by atoms with Gasteiger partial charge in [-0.25, -0.2) is 0 Å². The Morgan fingerprint density at radius 1 is 1.67 bits per heavy atom. The van der Waals surface area contributed by atoms with Crippen LogP contribution < -0.4 is 5.32 Å². The van der Waals surface area contributed by atoms with Gasteiger partial charge in [-0.2, -0.15) is 0 Å². The Hall–Kier alpha value is -1.25. The van der Waals surface area contributed by atoms with E-state index in [4.69, 9.17) is 0 Å². The number of carbonyl (C=O) groups is 1. The molecule has 0 bridgehead atoms. The van der Waals surface area contributed by atoms with Crippen molar-refractivity contribution >= 4 is 5.91 Å². The number of hydrogen-bond acceptors (Lipinski definition) is 2. The van der Waals surface area contributed by atoms with Gasteiger partial charge in [0.05, 0.1) is 6.54 Å². The molecule has 0 radical (unpaired) electrons. The summed E-state index contributed by atoms with van der Waals surface area (Å²) in [6, 6.07) is 0. The summed E-state index contributed by atoms with van der Waals surface area (Å²) in [4.78, 5) is 12.8. The van der Waals surface area contributed by atoms with Crippen molar-refractivity contribution in [2.24, 2.45) is 0 Å². The van der Waals surface area contributed by atoms with E-state index in [9.17, 15) is 4.79 Å². The molecule has 1 amide bonds. The van der Waals surface area contributed by atoms with Crippen molar-refractivity contribution in [3.8, 4) is 0 Å². The molecule has 1 heterocycles. The van der Waals surface area contributed by atoms with Gasteiger partial charge in [0, 0.05) is 25.9 Å². The lowest BCUT2D eigenvalue weighted by molar-refractivity contribution is -0.118. The molecule has 12 heavy (non-hydrogen) atoms. The predicted molar refractivity (Wildman–Crippen MR) is 48.3 cm³/mol. The van der Waals surface area contributed by atoms with Crippen LogP contribution in [0, 0.1) is 0 Å². The summed E-state index contributed by atoms with van der Waals surface area (Å²) in [5, 5.41) is 2.78. The minimum atomic E-state index is -0.00986. The molecule has 0 atom stereocenters. The monoisotopic (exact) mass is 166 g/mol. The molecule has 1 aliphatic heterocycles. The van der Waals surface area contributed by atoms with Crippen LogP contribution in [-0.2, 0) is 4.79 Å². The number of likely N-dealkylation sites (N-methyl/N-ethyl adjacent to an activating group) is 1. The van der Waals surface area contributed by atoms with Gasteiger partial charge in [-0.15, -0.1) is 0 Å². The van der Waals surface area contributed by atoms with Gasteiger partial charge >= 0.3 is 0 Å². The summed E-state index contributed by atoms with van der Waals surface area (Å²) >= 11 is 0. The highest BCUT2D eigenvalue weighted by Gasteiger charge is 2.06. The maximum atomic E-state index is 10.7. The van der Waals surface area contributed by atoms with Crippen molar-refractivity contribution in [3.05, 3.63) is 23.5 Å². The molecule has 1 rings (SSSR count). The smallest absolute Gasteiger partial charge is 0.221 e. The SMILES string of the molecule is CC(=O)NC1=CC(C)=CN(C)C1. The fourth-order valence-electron chi connectivity index (χ4n) is 1.32. The normalized spacial score (nSPS) is 16.8. The van der Waals surface area contributed by atoms with Gasteiger partial charge in [-0.1, -0.05) is 0 Å². The van der Waals surface area contributed by atoms with Gasteiger partial charge in [0.15, 0.2) is 0 Å². The third kappa shape index (κ3) is 2.42. The van der Waals surface area contributed by atoms with E-state index in [0.29, 0.717) is 0 Å². The maximum Gasteiger partial charge on any atom is 0.221 e. The molecule has 66 valence electrons. The number of nitrogens with one attached hydrogen (secondary N) is 1. The predicted octanol–water partition coefficient (Wildman–Crippen LogP) is 0.856.